The molecule has 0 amide bonds. The molecule has 2 aromatic carbocycles. The van der Waals surface area contributed by atoms with E-state index >= 15 is 0 Å². The lowest BCUT2D eigenvalue weighted by atomic mass is 10.1. The van der Waals surface area contributed by atoms with E-state index < -0.39 is 6.10 Å². The van der Waals surface area contributed by atoms with Gasteiger partial charge in [0, 0.05) is 40.6 Å². The molecule has 0 aliphatic carbocycles. The standard InChI is InChI=1S/C19H20F2N2OS/c20-13-3-5-18-16(9-13)17-10-14(21)4-6-19(17)23(18)12-15(24)11-22-7-1-2-8-25-22/h3-6,9-10,15,24H,1-2,7-8,11-12H2. The average molecular weight is 362 g/mol. The van der Waals surface area contributed by atoms with Crippen molar-refractivity contribution >= 4 is 33.8 Å². The van der Waals surface area contributed by atoms with Crippen LogP contribution in [0, 0.1) is 11.6 Å². The molecule has 2 heterocycles. The molecule has 1 N–H and O–H groups in total. The second-order valence-electron chi connectivity index (χ2n) is 6.52. The molecule has 1 atom stereocenters. The Hall–Kier alpha value is -1.63. The Balaban J connectivity index is 1.69. The lowest BCUT2D eigenvalue weighted by Crippen LogP contribution is -2.33. The molecule has 4 rings (SSSR count). The number of β-amino-alcohol motifs (C(OH)–C–C–N with tert-alkyl or cyclic N) is 1. The summed E-state index contributed by atoms with van der Waals surface area (Å²) in [6, 6.07) is 9.07. The molecule has 1 aliphatic heterocycles. The number of aliphatic hydroxyl groups excluding tert-OH is 1. The molecular weight excluding hydrogens is 342 g/mol. The van der Waals surface area contributed by atoms with Gasteiger partial charge in [-0.15, -0.1) is 0 Å². The summed E-state index contributed by atoms with van der Waals surface area (Å²) in [5.74, 6) is 0.405. The summed E-state index contributed by atoms with van der Waals surface area (Å²) in [7, 11) is 0. The first-order chi connectivity index (χ1) is 12.1. The summed E-state index contributed by atoms with van der Waals surface area (Å²) in [4.78, 5) is 0. The van der Waals surface area contributed by atoms with Crippen molar-refractivity contribution < 1.29 is 13.9 Å². The molecule has 1 aromatic heterocycles. The fourth-order valence-electron chi connectivity index (χ4n) is 3.54. The van der Waals surface area contributed by atoms with Crippen molar-refractivity contribution in [2.45, 2.75) is 25.5 Å². The highest BCUT2D eigenvalue weighted by atomic mass is 32.2. The van der Waals surface area contributed by atoms with Gasteiger partial charge in [-0.1, -0.05) is 11.9 Å². The average Bonchev–Trinajstić information content (AvgIpc) is 2.88. The Labute approximate surface area is 149 Å². The highest BCUT2D eigenvalue weighted by molar-refractivity contribution is 7.97. The van der Waals surface area contributed by atoms with Crippen LogP contribution in [0.2, 0.25) is 0 Å². The Morgan fingerprint density at radius 3 is 2.16 bits per heavy atom. The number of halogens is 2. The smallest absolute Gasteiger partial charge is 0.123 e. The van der Waals surface area contributed by atoms with Gasteiger partial charge in [0.05, 0.1) is 12.6 Å². The normalized spacial score (nSPS) is 17.4. The van der Waals surface area contributed by atoms with Crippen LogP contribution >= 0.6 is 11.9 Å². The van der Waals surface area contributed by atoms with Gasteiger partial charge in [-0.2, -0.15) is 0 Å². The first-order valence-electron chi connectivity index (χ1n) is 8.55. The van der Waals surface area contributed by atoms with Crippen LogP contribution in [0.1, 0.15) is 12.8 Å². The fraction of sp³-hybridized carbons (Fsp3) is 0.368. The summed E-state index contributed by atoms with van der Waals surface area (Å²) < 4.78 is 31.5. The predicted octanol–water partition coefficient (Wildman–Crippen LogP) is 4.18. The Bertz CT molecular complexity index is 846. The number of aliphatic hydroxyl groups is 1. The van der Waals surface area contributed by atoms with Crippen LogP contribution in [0.3, 0.4) is 0 Å². The molecule has 6 heteroatoms. The molecule has 1 aliphatic rings. The van der Waals surface area contributed by atoms with Crippen molar-refractivity contribution in [2.75, 3.05) is 18.8 Å². The van der Waals surface area contributed by atoms with E-state index in [2.05, 4.69) is 4.31 Å². The van der Waals surface area contributed by atoms with Crippen molar-refractivity contribution in [3.63, 3.8) is 0 Å². The van der Waals surface area contributed by atoms with E-state index in [0.717, 1.165) is 29.8 Å². The van der Waals surface area contributed by atoms with E-state index in [1.54, 1.807) is 24.1 Å². The van der Waals surface area contributed by atoms with E-state index in [0.29, 0.717) is 23.9 Å². The summed E-state index contributed by atoms with van der Waals surface area (Å²) in [5, 5.41) is 11.9. The predicted molar refractivity (Wildman–Crippen MR) is 98.6 cm³/mol. The first kappa shape index (κ1) is 16.8. The summed E-state index contributed by atoms with van der Waals surface area (Å²) in [5.41, 5.74) is 1.62. The fourth-order valence-corrected chi connectivity index (χ4v) is 4.67. The molecule has 25 heavy (non-hydrogen) atoms. The number of rotatable bonds is 4. The molecule has 0 bridgehead atoms. The second kappa shape index (κ2) is 6.94. The van der Waals surface area contributed by atoms with Gasteiger partial charge in [-0.3, -0.25) is 0 Å². The molecule has 0 spiro atoms. The molecular formula is C19H20F2N2OS. The lowest BCUT2D eigenvalue weighted by molar-refractivity contribution is 0.132. The van der Waals surface area contributed by atoms with E-state index in [9.17, 15) is 13.9 Å². The molecule has 3 nitrogen and oxygen atoms in total. The van der Waals surface area contributed by atoms with Gasteiger partial charge in [-0.25, -0.2) is 13.1 Å². The monoisotopic (exact) mass is 362 g/mol. The van der Waals surface area contributed by atoms with Gasteiger partial charge < -0.3 is 9.67 Å². The molecule has 3 aromatic rings. The van der Waals surface area contributed by atoms with Crippen LogP contribution in [0.4, 0.5) is 8.78 Å². The van der Waals surface area contributed by atoms with Crippen molar-refractivity contribution in [1.29, 1.82) is 0 Å². The Morgan fingerprint density at radius 2 is 1.60 bits per heavy atom. The molecule has 132 valence electrons. The number of nitrogens with zero attached hydrogens (tertiary/aromatic N) is 2. The third-order valence-corrected chi connectivity index (χ3v) is 5.84. The summed E-state index contributed by atoms with van der Waals surface area (Å²) in [6.45, 7) is 1.98. The maximum absolute atomic E-state index is 13.7. The highest BCUT2D eigenvalue weighted by Crippen LogP contribution is 2.31. The van der Waals surface area contributed by atoms with Crippen LogP contribution in [-0.2, 0) is 6.54 Å². The molecule has 1 unspecified atom stereocenters. The van der Waals surface area contributed by atoms with Crippen LogP contribution in [-0.4, -0.2) is 38.9 Å². The first-order valence-corrected chi connectivity index (χ1v) is 9.49. The molecule has 1 saturated heterocycles. The van der Waals surface area contributed by atoms with Crippen LogP contribution in [0.15, 0.2) is 36.4 Å². The van der Waals surface area contributed by atoms with E-state index in [-0.39, 0.29) is 11.6 Å². The van der Waals surface area contributed by atoms with Crippen LogP contribution < -0.4 is 0 Å². The van der Waals surface area contributed by atoms with Crippen molar-refractivity contribution in [1.82, 2.24) is 8.87 Å². The van der Waals surface area contributed by atoms with Crippen LogP contribution in [0.25, 0.3) is 21.8 Å². The molecule has 0 radical (unpaired) electrons. The maximum atomic E-state index is 13.7. The third-order valence-electron chi connectivity index (χ3n) is 4.67. The van der Waals surface area contributed by atoms with Gasteiger partial charge in [0.15, 0.2) is 0 Å². The number of hydrogen-bond acceptors (Lipinski definition) is 3. The number of benzene rings is 2. The summed E-state index contributed by atoms with van der Waals surface area (Å²) in [6.07, 6.45) is 1.84. The zero-order chi connectivity index (χ0) is 17.4. The highest BCUT2D eigenvalue weighted by Gasteiger charge is 2.18. The Morgan fingerprint density at radius 1 is 0.960 bits per heavy atom. The van der Waals surface area contributed by atoms with Crippen molar-refractivity contribution in [3.05, 3.63) is 48.0 Å². The van der Waals surface area contributed by atoms with Crippen LogP contribution in [0.5, 0.6) is 0 Å². The zero-order valence-electron chi connectivity index (χ0n) is 13.8. The van der Waals surface area contributed by atoms with Crippen molar-refractivity contribution in [2.24, 2.45) is 0 Å². The molecule has 1 fully saturated rings. The van der Waals surface area contributed by atoms with Crippen molar-refractivity contribution in [3.8, 4) is 0 Å². The van der Waals surface area contributed by atoms with Gasteiger partial charge in [-0.05, 0) is 49.2 Å². The maximum Gasteiger partial charge on any atom is 0.123 e. The number of hydrogen-bond donors (Lipinski definition) is 1. The van der Waals surface area contributed by atoms with Gasteiger partial charge >= 0.3 is 0 Å². The molecule has 0 saturated carbocycles. The minimum atomic E-state index is -0.542. The van der Waals surface area contributed by atoms with E-state index in [1.807, 2.05) is 4.57 Å². The van der Waals surface area contributed by atoms with E-state index in [1.165, 1.54) is 30.7 Å². The van der Waals surface area contributed by atoms with Gasteiger partial charge in [0.2, 0.25) is 0 Å². The third kappa shape index (κ3) is 3.38. The second-order valence-corrected chi connectivity index (χ2v) is 7.70. The minimum absolute atomic E-state index is 0.346. The SMILES string of the molecule is OC(CN1CCCCS1)Cn1c2ccc(F)cc2c2cc(F)ccc21. The van der Waals surface area contributed by atoms with Gasteiger partial charge in [0.25, 0.3) is 0 Å². The minimum Gasteiger partial charge on any atom is -0.390 e. The largest absolute Gasteiger partial charge is 0.390 e. The zero-order valence-corrected chi connectivity index (χ0v) is 14.6. The summed E-state index contributed by atoms with van der Waals surface area (Å²) >= 11 is 1.78. The number of fused-ring (bicyclic) bond motifs is 3. The number of aromatic nitrogens is 1. The quantitative estimate of drug-likeness (QED) is 0.706. The Kier molecular flexibility index (Phi) is 4.67. The van der Waals surface area contributed by atoms with Gasteiger partial charge in [0.1, 0.15) is 11.6 Å². The topological polar surface area (TPSA) is 28.4 Å². The lowest BCUT2D eigenvalue weighted by Gasteiger charge is -2.27. The van der Waals surface area contributed by atoms with E-state index in [4.69, 9.17) is 0 Å².